The van der Waals surface area contributed by atoms with Crippen LogP contribution < -0.4 is 10.5 Å². The molecule has 0 aliphatic heterocycles. The summed E-state index contributed by atoms with van der Waals surface area (Å²) in [5.74, 6) is 0.309. The normalized spacial score (nSPS) is 11.2. The van der Waals surface area contributed by atoms with Gasteiger partial charge in [0.25, 0.3) is 5.56 Å². The number of benzene rings is 3. The first kappa shape index (κ1) is 21.4. The molecular formula is C26H23N5O3. The summed E-state index contributed by atoms with van der Waals surface area (Å²) in [6.07, 6.45) is -0.475. The molecule has 0 unspecified atom stereocenters. The van der Waals surface area contributed by atoms with Gasteiger partial charge in [-0.25, -0.2) is 19.8 Å². The lowest BCUT2D eigenvalue weighted by Crippen LogP contribution is -2.29. The summed E-state index contributed by atoms with van der Waals surface area (Å²) in [7, 11) is 0. The Balaban J connectivity index is 1.53. The van der Waals surface area contributed by atoms with E-state index < -0.39 is 6.09 Å². The van der Waals surface area contributed by atoms with Crippen molar-refractivity contribution in [1.29, 1.82) is 0 Å². The van der Waals surface area contributed by atoms with Gasteiger partial charge in [-0.05, 0) is 54.3 Å². The summed E-state index contributed by atoms with van der Waals surface area (Å²) >= 11 is 0. The predicted octanol–water partition coefficient (Wildman–Crippen LogP) is 4.87. The number of rotatable bonds is 5. The molecule has 0 aliphatic carbocycles. The second kappa shape index (κ2) is 8.47. The Hall–Kier alpha value is -4.46. The summed E-state index contributed by atoms with van der Waals surface area (Å²) in [5, 5.41) is 17.8. The molecule has 3 N–H and O–H groups in total. The van der Waals surface area contributed by atoms with Gasteiger partial charge in [-0.15, -0.1) is 0 Å². The lowest BCUT2D eigenvalue weighted by Gasteiger charge is -2.12. The van der Waals surface area contributed by atoms with Crippen molar-refractivity contribution >= 4 is 33.8 Å². The highest BCUT2D eigenvalue weighted by Gasteiger charge is 2.17. The molecule has 0 bridgehead atoms. The van der Waals surface area contributed by atoms with E-state index in [4.69, 9.17) is 0 Å². The van der Waals surface area contributed by atoms with Crippen LogP contribution in [0.2, 0.25) is 0 Å². The van der Waals surface area contributed by atoms with Gasteiger partial charge in [-0.2, -0.15) is 5.10 Å². The summed E-state index contributed by atoms with van der Waals surface area (Å²) in [6.45, 7) is 4.12. The third kappa shape index (κ3) is 3.79. The molecule has 5 rings (SSSR count). The number of aryl methyl sites for hydroxylation is 1. The van der Waals surface area contributed by atoms with E-state index in [9.17, 15) is 14.7 Å². The molecule has 0 radical (unpaired) electrons. The standard InChI is InChI=1S/C26H23N5O3/c1-3-31(26(33)34)25-27-21-11-10-17(14-23(21)28-25)20-12-16(9-8-15(20)2)13-22-18-6-4-5-7-19(18)24(32)30-29-22/h4-12,14H,3,13H2,1-2H3,(H,27,28)(H,30,32)(H,33,34). The molecule has 0 atom stereocenters. The molecule has 3 aromatic carbocycles. The molecule has 8 heteroatoms. The Kier molecular flexibility index (Phi) is 5.33. The third-order valence-electron chi connectivity index (χ3n) is 6.03. The number of carboxylic acid groups (broad SMARTS) is 1. The molecular weight excluding hydrogens is 430 g/mol. The zero-order valence-corrected chi connectivity index (χ0v) is 18.8. The van der Waals surface area contributed by atoms with Crippen LogP contribution in [0, 0.1) is 6.92 Å². The molecule has 1 amide bonds. The van der Waals surface area contributed by atoms with Crippen LogP contribution in [0.25, 0.3) is 32.9 Å². The number of nitrogens with one attached hydrogen (secondary N) is 2. The van der Waals surface area contributed by atoms with Gasteiger partial charge >= 0.3 is 6.09 Å². The number of hydrogen-bond acceptors (Lipinski definition) is 4. The average Bonchev–Trinajstić information content (AvgIpc) is 3.25. The van der Waals surface area contributed by atoms with Gasteiger partial charge in [0.1, 0.15) is 0 Å². The van der Waals surface area contributed by atoms with Gasteiger partial charge in [0.2, 0.25) is 5.95 Å². The Labute approximate surface area is 194 Å². The predicted molar refractivity (Wildman–Crippen MR) is 132 cm³/mol. The highest BCUT2D eigenvalue weighted by atomic mass is 16.4. The van der Waals surface area contributed by atoms with Gasteiger partial charge < -0.3 is 10.1 Å². The van der Waals surface area contributed by atoms with Crippen molar-refractivity contribution in [2.75, 3.05) is 11.4 Å². The van der Waals surface area contributed by atoms with Crippen molar-refractivity contribution in [3.8, 4) is 11.1 Å². The Bertz CT molecular complexity index is 1600. The van der Waals surface area contributed by atoms with Crippen LogP contribution in [-0.2, 0) is 6.42 Å². The third-order valence-corrected chi connectivity index (χ3v) is 6.03. The SMILES string of the molecule is CCN(C(=O)O)c1nc2cc(-c3cc(Cc4n[nH]c(=O)c5ccccc45)ccc3C)ccc2[nH]1. The maximum absolute atomic E-state index is 12.1. The molecule has 8 nitrogen and oxygen atoms in total. The number of hydrogen-bond donors (Lipinski definition) is 3. The topological polar surface area (TPSA) is 115 Å². The van der Waals surface area contributed by atoms with E-state index in [2.05, 4.69) is 45.3 Å². The second-order valence-corrected chi connectivity index (χ2v) is 8.19. The number of amides is 1. The Morgan fingerprint density at radius 1 is 1.06 bits per heavy atom. The maximum Gasteiger partial charge on any atom is 0.414 e. The quantitative estimate of drug-likeness (QED) is 0.351. The second-order valence-electron chi connectivity index (χ2n) is 8.19. The van der Waals surface area contributed by atoms with Gasteiger partial charge in [0, 0.05) is 18.4 Å². The van der Waals surface area contributed by atoms with E-state index in [0.29, 0.717) is 29.8 Å². The van der Waals surface area contributed by atoms with Crippen molar-refractivity contribution in [2.45, 2.75) is 20.3 Å². The number of fused-ring (bicyclic) bond motifs is 2. The van der Waals surface area contributed by atoms with Crippen molar-refractivity contribution in [2.24, 2.45) is 0 Å². The van der Waals surface area contributed by atoms with Crippen LogP contribution in [0.3, 0.4) is 0 Å². The first-order valence-corrected chi connectivity index (χ1v) is 11.0. The summed E-state index contributed by atoms with van der Waals surface area (Å²) in [5.41, 5.74) is 6.31. The van der Waals surface area contributed by atoms with Crippen LogP contribution in [-0.4, -0.2) is 37.9 Å². The van der Waals surface area contributed by atoms with Crippen LogP contribution in [0.4, 0.5) is 10.7 Å². The fourth-order valence-corrected chi connectivity index (χ4v) is 4.25. The Morgan fingerprint density at radius 3 is 2.62 bits per heavy atom. The highest BCUT2D eigenvalue weighted by molar-refractivity contribution is 5.89. The minimum absolute atomic E-state index is 0.194. The van der Waals surface area contributed by atoms with Crippen LogP contribution in [0.15, 0.2) is 65.5 Å². The van der Waals surface area contributed by atoms with E-state index >= 15 is 0 Å². The molecule has 2 aromatic heterocycles. The maximum atomic E-state index is 12.1. The number of H-pyrrole nitrogens is 2. The summed E-state index contributed by atoms with van der Waals surface area (Å²) < 4.78 is 0. The number of aromatic nitrogens is 4. The minimum atomic E-state index is -1.05. The van der Waals surface area contributed by atoms with Gasteiger partial charge in [0.05, 0.1) is 22.1 Å². The largest absolute Gasteiger partial charge is 0.465 e. The first-order valence-electron chi connectivity index (χ1n) is 11.0. The monoisotopic (exact) mass is 453 g/mol. The molecule has 34 heavy (non-hydrogen) atoms. The Morgan fingerprint density at radius 2 is 1.85 bits per heavy atom. The molecule has 0 saturated heterocycles. The molecule has 170 valence electrons. The number of aromatic amines is 2. The zero-order chi connectivity index (χ0) is 23.8. The number of anilines is 1. The lowest BCUT2D eigenvalue weighted by atomic mass is 9.95. The van der Waals surface area contributed by atoms with Crippen molar-refractivity contribution in [3.63, 3.8) is 0 Å². The van der Waals surface area contributed by atoms with Gasteiger partial charge in [-0.1, -0.05) is 42.5 Å². The lowest BCUT2D eigenvalue weighted by molar-refractivity contribution is 0.202. The minimum Gasteiger partial charge on any atom is -0.465 e. The first-order chi connectivity index (χ1) is 16.4. The number of nitrogens with zero attached hydrogens (tertiary/aromatic N) is 3. The molecule has 0 fully saturated rings. The van der Waals surface area contributed by atoms with Crippen LogP contribution in [0.1, 0.15) is 23.7 Å². The van der Waals surface area contributed by atoms with E-state index in [0.717, 1.165) is 38.9 Å². The fourth-order valence-electron chi connectivity index (χ4n) is 4.25. The number of carbonyl (C=O) groups is 1. The summed E-state index contributed by atoms with van der Waals surface area (Å²) in [6, 6.07) is 19.6. The van der Waals surface area contributed by atoms with Gasteiger partial charge in [-0.3, -0.25) is 4.79 Å². The molecule has 2 heterocycles. The molecule has 0 aliphatic rings. The average molecular weight is 454 g/mol. The fraction of sp³-hybridized carbons (Fsp3) is 0.154. The van der Waals surface area contributed by atoms with E-state index in [1.54, 1.807) is 13.0 Å². The molecule has 5 aromatic rings. The highest BCUT2D eigenvalue weighted by Crippen LogP contribution is 2.29. The van der Waals surface area contributed by atoms with E-state index in [1.807, 2.05) is 36.4 Å². The van der Waals surface area contributed by atoms with Crippen LogP contribution in [0.5, 0.6) is 0 Å². The zero-order valence-electron chi connectivity index (χ0n) is 18.8. The number of imidazole rings is 1. The van der Waals surface area contributed by atoms with Gasteiger partial charge in [0.15, 0.2) is 0 Å². The smallest absolute Gasteiger partial charge is 0.414 e. The van der Waals surface area contributed by atoms with Crippen molar-refractivity contribution in [1.82, 2.24) is 20.2 Å². The molecule has 0 saturated carbocycles. The van der Waals surface area contributed by atoms with Crippen LogP contribution >= 0.6 is 0 Å². The molecule has 0 spiro atoms. The van der Waals surface area contributed by atoms with Crippen molar-refractivity contribution < 1.29 is 9.90 Å². The van der Waals surface area contributed by atoms with E-state index in [1.165, 1.54) is 4.90 Å². The summed E-state index contributed by atoms with van der Waals surface area (Å²) in [4.78, 5) is 32.3. The van der Waals surface area contributed by atoms with Crippen molar-refractivity contribution in [3.05, 3.63) is 87.8 Å². The van der Waals surface area contributed by atoms with E-state index in [-0.39, 0.29) is 5.56 Å².